The Bertz CT molecular complexity index is 416. The average Bonchev–Trinajstić information content (AvgIpc) is 2.30. The van der Waals surface area contributed by atoms with Crippen LogP contribution in [-0.2, 0) is 24.2 Å². The van der Waals surface area contributed by atoms with Crippen molar-refractivity contribution in [2.75, 3.05) is 0 Å². The van der Waals surface area contributed by atoms with Crippen molar-refractivity contribution in [1.29, 1.82) is 0 Å². The van der Waals surface area contributed by atoms with Crippen molar-refractivity contribution in [3.8, 4) is 0 Å². The molecule has 0 aromatic rings. The molecular weight excluding hydrogens is 288 g/mol. The molecule has 0 rings (SSSR count). The molecule has 0 saturated carbocycles. The fourth-order valence-corrected chi connectivity index (χ4v) is 2.37. The van der Waals surface area contributed by atoms with Gasteiger partial charge in [-0.3, -0.25) is 14.1 Å². The maximum absolute atomic E-state index is 11.6. The summed E-state index contributed by atoms with van der Waals surface area (Å²) in [5.41, 5.74) is 0. The van der Waals surface area contributed by atoms with Crippen molar-refractivity contribution < 1.29 is 31.8 Å². The summed E-state index contributed by atoms with van der Waals surface area (Å²) in [6.45, 7) is 3.94. The summed E-state index contributed by atoms with van der Waals surface area (Å²) in [6, 6.07) is 0. The van der Waals surface area contributed by atoms with Crippen LogP contribution >= 0.6 is 0 Å². The van der Waals surface area contributed by atoms with Crippen LogP contribution < -0.4 is 0 Å². The monoisotopic (exact) mass is 310 g/mol. The maximum Gasteiger partial charge on any atom is 0.448 e. The molecule has 2 N–H and O–H groups in total. The van der Waals surface area contributed by atoms with Gasteiger partial charge in [0.05, 0.1) is 12.3 Å². The Morgan fingerprint density at radius 3 is 2.25 bits per heavy atom. The van der Waals surface area contributed by atoms with E-state index in [0.29, 0.717) is 0 Å². The third kappa shape index (κ3) is 8.87. The van der Waals surface area contributed by atoms with E-state index in [0.717, 1.165) is 25.7 Å². The summed E-state index contributed by atoms with van der Waals surface area (Å²) in [4.78, 5) is 22.3. The first kappa shape index (κ1) is 18.9. The van der Waals surface area contributed by atoms with Gasteiger partial charge in [-0.25, -0.2) is 0 Å². The Hall–Kier alpha value is -1.15. The van der Waals surface area contributed by atoms with Crippen LogP contribution in [0.2, 0.25) is 0 Å². The van der Waals surface area contributed by atoms with Gasteiger partial charge in [0.25, 0.3) is 0 Å². The quantitative estimate of drug-likeness (QED) is 0.592. The summed E-state index contributed by atoms with van der Waals surface area (Å²) in [5.74, 6) is -3.39. The highest BCUT2D eigenvalue weighted by atomic mass is 32.3. The molecule has 0 spiro atoms. The fourth-order valence-electron chi connectivity index (χ4n) is 2.03. The number of carboxylic acid groups (broad SMARTS) is 1. The van der Waals surface area contributed by atoms with Crippen molar-refractivity contribution in [3.05, 3.63) is 0 Å². The third-order valence-corrected chi connectivity index (χ3v) is 3.48. The highest BCUT2D eigenvalue weighted by Gasteiger charge is 2.29. The minimum absolute atomic E-state index is 0.119. The first-order chi connectivity index (χ1) is 9.19. The molecule has 0 aromatic heterocycles. The van der Waals surface area contributed by atoms with Crippen molar-refractivity contribution in [2.45, 2.75) is 52.4 Å². The van der Waals surface area contributed by atoms with Crippen molar-refractivity contribution in [2.24, 2.45) is 11.8 Å². The predicted octanol–water partition coefficient (Wildman–Crippen LogP) is 2.03. The first-order valence-corrected chi connectivity index (χ1v) is 7.98. The van der Waals surface area contributed by atoms with Gasteiger partial charge in [0.1, 0.15) is 0 Å². The molecule has 0 heterocycles. The average molecular weight is 310 g/mol. The lowest BCUT2D eigenvalue weighted by Crippen LogP contribution is -2.25. The zero-order chi connectivity index (χ0) is 15.8. The van der Waals surface area contributed by atoms with Crippen molar-refractivity contribution in [3.63, 3.8) is 0 Å². The summed E-state index contributed by atoms with van der Waals surface area (Å²) >= 11 is 0. The third-order valence-electron chi connectivity index (χ3n) is 3.10. The van der Waals surface area contributed by atoms with E-state index in [4.69, 9.17) is 9.66 Å². The van der Waals surface area contributed by atoms with Gasteiger partial charge < -0.3 is 9.29 Å². The molecule has 0 aliphatic heterocycles. The molecule has 7 nitrogen and oxygen atoms in total. The molecule has 0 aliphatic carbocycles. The van der Waals surface area contributed by atoms with Crippen molar-refractivity contribution in [1.82, 2.24) is 0 Å². The first-order valence-electron chi connectivity index (χ1n) is 6.62. The van der Waals surface area contributed by atoms with E-state index >= 15 is 0 Å². The molecule has 118 valence electrons. The van der Waals surface area contributed by atoms with Crippen molar-refractivity contribution >= 4 is 22.3 Å². The lowest BCUT2D eigenvalue weighted by molar-refractivity contribution is -0.147. The molecule has 8 heteroatoms. The SMILES string of the molecule is CCCCC(CC)CC(CC(=O)O)C(=O)OS(=O)(=O)O. The number of carbonyl (C=O) groups excluding carboxylic acids is 1. The standard InChI is InChI=1S/C12H22O7S/c1-3-5-6-9(4-2)7-10(8-11(13)14)12(15)19-20(16,17)18/h9-10H,3-8H2,1-2H3,(H,13,14)(H,16,17,18). The lowest BCUT2D eigenvalue weighted by atomic mass is 9.87. The Morgan fingerprint density at radius 2 is 1.85 bits per heavy atom. The summed E-state index contributed by atoms with van der Waals surface area (Å²) in [6.07, 6.45) is 3.24. The molecule has 2 atom stereocenters. The lowest BCUT2D eigenvalue weighted by Gasteiger charge is -2.19. The van der Waals surface area contributed by atoms with E-state index in [1.807, 2.05) is 13.8 Å². The summed E-state index contributed by atoms with van der Waals surface area (Å²) < 4.78 is 33.4. The second-order valence-electron chi connectivity index (χ2n) is 4.78. The molecule has 0 bridgehead atoms. The van der Waals surface area contributed by atoms with E-state index in [-0.39, 0.29) is 12.3 Å². The molecule has 2 unspecified atom stereocenters. The smallest absolute Gasteiger partial charge is 0.448 e. The topological polar surface area (TPSA) is 118 Å². The van der Waals surface area contributed by atoms with Crippen LogP contribution in [0.15, 0.2) is 0 Å². The van der Waals surface area contributed by atoms with E-state index < -0.39 is 34.7 Å². The summed E-state index contributed by atoms with van der Waals surface area (Å²) in [5, 5.41) is 8.77. The van der Waals surface area contributed by atoms with Crippen LogP contribution in [-0.4, -0.2) is 30.0 Å². The van der Waals surface area contributed by atoms with E-state index in [1.165, 1.54) is 0 Å². The van der Waals surface area contributed by atoms with E-state index in [1.54, 1.807) is 0 Å². The normalized spacial score (nSPS) is 14.6. The van der Waals surface area contributed by atoms with Gasteiger partial charge in [-0.1, -0.05) is 39.5 Å². The minimum Gasteiger partial charge on any atom is -0.481 e. The van der Waals surface area contributed by atoms with Gasteiger partial charge in [0.15, 0.2) is 0 Å². The fraction of sp³-hybridized carbons (Fsp3) is 0.833. The molecule has 0 radical (unpaired) electrons. The zero-order valence-electron chi connectivity index (χ0n) is 11.7. The molecule has 0 saturated heterocycles. The van der Waals surface area contributed by atoms with Gasteiger partial charge in [-0.2, -0.15) is 8.42 Å². The number of carboxylic acids is 1. The number of aliphatic carboxylic acids is 1. The van der Waals surface area contributed by atoms with Crippen LogP contribution in [0, 0.1) is 11.8 Å². The van der Waals surface area contributed by atoms with Crippen LogP contribution in [0.25, 0.3) is 0 Å². The molecule has 0 aromatic carbocycles. The molecular formula is C12H22O7S. The minimum atomic E-state index is -4.91. The van der Waals surface area contributed by atoms with Gasteiger partial charge in [0, 0.05) is 0 Å². The predicted molar refractivity (Wildman–Crippen MR) is 71.3 cm³/mol. The molecule has 0 amide bonds. The van der Waals surface area contributed by atoms with Gasteiger partial charge >= 0.3 is 22.3 Å². The second-order valence-corrected chi connectivity index (χ2v) is 5.80. The highest BCUT2D eigenvalue weighted by Crippen LogP contribution is 2.25. The van der Waals surface area contributed by atoms with E-state index in [9.17, 15) is 18.0 Å². The number of unbranched alkanes of at least 4 members (excludes halogenated alkanes) is 1. The second kappa shape index (κ2) is 8.91. The number of hydrogen-bond acceptors (Lipinski definition) is 5. The number of rotatable bonds is 10. The molecule has 20 heavy (non-hydrogen) atoms. The van der Waals surface area contributed by atoms with Gasteiger partial charge in [-0.15, -0.1) is 0 Å². The van der Waals surface area contributed by atoms with Crippen LogP contribution in [0.1, 0.15) is 52.4 Å². The number of hydrogen-bond donors (Lipinski definition) is 2. The van der Waals surface area contributed by atoms with Crippen LogP contribution in [0.4, 0.5) is 0 Å². The Labute approximate surface area is 119 Å². The Kier molecular flexibility index (Phi) is 8.40. The van der Waals surface area contributed by atoms with Crippen LogP contribution in [0.5, 0.6) is 0 Å². The van der Waals surface area contributed by atoms with Gasteiger partial charge in [-0.05, 0) is 12.3 Å². The summed E-state index contributed by atoms with van der Waals surface area (Å²) in [7, 11) is -4.91. The largest absolute Gasteiger partial charge is 0.481 e. The molecule has 0 aliphatic rings. The van der Waals surface area contributed by atoms with Gasteiger partial charge in [0.2, 0.25) is 0 Å². The number of carbonyl (C=O) groups is 2. The molecule has 0 fully saturated rings. The Morgan fingerprint density at radius 1 is 1.25 bits per heavy atom. The van der Waals surface area contributed by atoms with E-state index in [2.05, 4.69) is 4.18 Å². The zero-order valence-corrected chi connectivity index (χ0v) is 12.6. The Balaban J connectivity index is 4.77. The highest BCUT2D eigenvalue weighted by molar-refractivity contribution is 7.81. The van der Waals surface area contributed by atoms with Crippen LogP contribution in [0.3, 0.4) is 0 Å². The maximum atomic E-state index is 11.6.